The molecule has 25 heavy (non-hydrogen) atoms. The molecule has 0 spiro atoms. The van der Waals surface area contributed by atoms with E-state index in [-0.39, 0.29) is 11.1 Å². The summed E-state index contributed by atoms with van der Waals surface area (Å²) in [7, 11) is 2.18. The highest BCUT2D eigenvalue weighted by Gasteiger charge is 2.46. The minimum atomic E-state index is -0.318. The maximum absolute atomic E-state index is 11.9. The average molecular weight is 337 g/mol. The van der Waals surface area contributed by atoms with Crippen molar-refractivity contribution in [2.75, 3.05) is 20.1 Å². The van der Waals surface area contributed by atoms with E-state index >= 15 is 0 Å². The van der Waals surface area contributed by atoms with Crippen LogP contribution >= 0.6 is 0 Å². The summed E-state index contributed by atoms with van der Waals surface area (Å²) >= 11 is 0. The van der Waals surface area contributed by atoms with Crippen molar-refractivity contribution in [2.45, 2.75) is 45.1 Å². The summed E-state index contributed by atoms with van der Waals surface area (Å²) in [5.74, 6) is 0.347. The van der Waals surface area contributed by atoms with Crippen LogP contribution in [-0.4, -0.2) is 35.7 Å². The highest BCUT2D eigenvalue weighted by Crippen LogP contribution is 2.52. The molecular formula is C21H27N3O. The molecule has 2 heterocycles. The highest BCUT2D eigenvalue weighted by atomic mass is 16.1. The van der Waals surface area contributed by atoms with E-state index in [1.165, 1.54) is 22.4 Å². The second-order valence-electron chi connectivity index (χ2n) is 7.80. The SMILES string of the molecule is C/C=C1\C2C=C(C)C[C@@]1(N=C1CCN(C)CC1)c1ccc(=O)[nH]c1C2. The molecular weight excluding hydrogens is 310 g/mol. The van der Waals surface area contributed by atoms with E-state index in [9.17, 15) is 4.79 Å². The molecule has 0 amide bonds. The number of nitrogens with zero attached hydrogens (tertiary/aromatic N) is 2. The first-order valence-corrected chi connectivity index (χ1v) is 9.34. The summed E-state index contributed by atoms with van der Waals surface area (Å²) in [6.07, 6.45) is 8.51. The summed E-state index contributed by atoms with van der Waals surface area (Å²) in [6.45, 7) is 6.52. The molecule has 1 N–H and O–H groups in total. The molecule has 2 atom stereocenters. The number of allylic oxidation sites excluding steroid dienone is 2. The smallest absolute Gasteiger partial charge is 0.248 e. The van der Waals surface area contributed by atoms with Crippen LogP contribution < -0.4 is 5.56 Å². The van der Waals surface area contributed by atoms with E-state index in [4.69, 9.17) is 4.99 Å². The van der Waals surface area contributed by atoms with Crippen LogP contribution in [0.4, 0.5) is 0 Å². The molecule has 1 aromatic heterocycles. The van der Waals surface area contributed by atoms with Crippen molar-refractivity contribution < 1.29 is 0 Å². The van der Waals surface area contributed by atoms with Crippen LogP contribution in [0, 0.1) is 5.92 Å². The van der Waals surface area contributed by atoms with Gasteiger partial charge in [0.2, 0.25) is 5.56 Å². The zero-order chi connectivity index (χ0) is 17.6. The van der Waals surface area contributed by atoms with Gasteiger partial charge in [0.1, 0.15) is 5.54 Å². The molecule has 1 aromatic rings. The third-order valence-corrected chi connectivity index (χ3v) is 5.99. The van der Waals surface area contributed by atoms with Crippen molar-refractivity contribution in [1.29, 1.82) is 0 Å². The van der Waals surface area contributed by atoms with Crippen molar-refractivity contribution in [3.05, 3.63) is 57.0 Å². The highest BCUT2D eigenvalue weighted by molar-refractivity contribution is 5.86. The molecule has 2 bridgehead atoms. The Morgan fingerprint density at radius 3 is 2.80 bits per heavy atom. The number of aromatic nitrogens is 1. The molecule has 0 saturated carbocycles. The van der Waals surface area contributed by atoms with E-state index in [0.29, 0.717) is 5.92 Å². The number of piperidine rings is 1. The number of hydrogen-bond donors (Lipinski definition) is 1. The molecule has 132 valence electrons. The van der Waals surface area contributed by atoms with Crippen molar-refractivity contribution in [2.24, 2.45) is 10.9 Å². The van der Waals surface area contributed by atoms with Gasteiger partial charge in [-0.2, -0.15) is 0 Å². The van der Waals surface area contributed by atoms with Crippen molar-refractivity contribution in [3.8, 4) is 0 Å². The molecule has 0 aromatic carbocycles. The molecule has 3 aliphatic rings. The normalized spacial score (nSPS) is 30.8. The lowest BCUT2D eigenvalue weighted by Crippen LogP contribution is -2.42. The van der Waals surface area contributed by atoms with Crippen LogP contribution in [0.5, 0.6) is 0 Å². The minimum absolute atomic E-state index is 0.0106. The third kappa shape index (κ3) is 2.73. The molecule has 1 aliphatic heterocycles. The Labute approximate surface area is 149 Å². The Kier molecular flexibility index (Phi) is 4.03. The van der Waals surface area contributed by atoms with Gasteiger partial charge in [-0.1, -0.05) is 17.7 Å². The summed E-state index contributed by atoms with van der Waals surface area (Å²) in [5, 5.41) is 0. The molecule has 4 heteroatoms. The van der Waals surface area contributed by atoms with E-state index in [2.05, 4.69) is 42.9 Å². The van der Waals surface area contributed by atoms with Gasteiger partial charge in [0, 0.05) is 48.5 Å². The summed E-state index contributed by atoms with van der Waals surface area (Å²) in [6, 6.07) is 3.68. The number of aliphatic imine (C=N–C) groups is 1. The van der Waals surface area contributed by atoms with Crippen molar-refractivity contribution in [1.82, 2.24) is 9.88 Å². The third-order valence-electron chi connectivity index (χ3n) is 5.99. The Bertz CT molecular complexity index is 835. The molecule has 2 aliphatic carbocycles. The van der Waals surface area contributed by atoms with Gasteiger partial charge in [0.25, 0.3) is 0 Å². The second kappa shape index (κ2) is 6.10. The molecule has 4 nitrogen and oxygen atoms in total. The van der Waals surface area contributed by atoms with Crippen molar-refractivity contribution >= 4 is 5.71 Å². The molecule has 1 fully saturated rings. The standard InChI is InChI=1S/C21H27N3O/c1-4-17-15-11-14(2)13-21(17,23-16-7-9-24(3)10-8-16)18-5-6-20(25)22-19(18)12-15/h4-6,11,15H,7-10,12-13H2,1-3H3,(H,22,25)/b17-4+/t15?,21-/m0/s1. The van der Waals surface area contributed by atoms with Gasteiger partial charge in [-0.25, -0.2) is 0 Å². The van der Waals surface area contributed by atoms with Crippen LogP contribution in [0.15, 0.2) is 45.2 Å². The first-order valence-electron chi connectivity index (χ1n) is 9.34. The largest absolute Gasteiger partial charge is 0.326 e. The summed E-state index contributed by atoms with van der Waals surface area (Å²) in [5.41, 5.74) is 6.09. The quantitative estimate of drug-likeness (QED) is 0.800. The molecule has 0 radical (unpaired) electrons. The lowest BCUT2D eigenvalue weighted by molar-refractivity contribution is 0.331. The maximum atomic E-state index is 11.9. The zero-order valence-electron chi connectivity index (χ0n) is 15.4. The number of fused-ring (bicyclic) bond motifs is 4. The average Bonchev–Trinajstić information content (AvgIpc) is 2.56. The van der Waals surface area contributed by atoms with E-state index in [0.717, 1.165) is 44.5 Å². The van der Waals surface area contributed by atoms with Gasteiger partial charge >= 0.3 is 0 Å². The number of rotatable bonds is 1. The maximum Gasteiger partial charge on any atom is 0.248 e. The fourth-order valence-corrected chi connectivity index (χ4v) is 4.89. The summed E-state index contributed by atoms with van der Waals surface area (Å²) < 4.78 is 0. The van der Waals surface area contributed by atoms with Gasteiger partial charge < -0.3 is 9.88 Å². The number of pyridine rings is 1. The first-order chi connectivity index (χ1) is 12.0. The number of aromatic amines is 1. The fraction of sp³-hybridized carbons (Fsp3) is 0.524. The topological polar surface area (TPSA) is 48.5 Å². The molecule has 1 saturated heterocycles. The minimum Gasteiger partial charge on any atom is -0.326 e. The molecule has 4 rings (SSSR count). The Morgan fingerprint density at radius 2 is 2.08 bits per heavy atom. The molecule has 1 unspecified atom stereocenters. The van der Waals surface area contributed by atoms with Gasteiger partial charge in [0.05, 0.1) is 0 Å². The predicted octanol–water partition coefficient (Wildman–Crippen LogP) is 3.21. The van der Waals surface area contributed by atoms with Crippen LogP contribution in [-0.2, 0) is 12.0 Å². The van der Waals surface area contributed by atoms with E-state index in [1.54, 1.807) is 6.07 Å². The number of nitrogens with one attached hydrogen (secondary N) is 1. The van der Waals surface area contributed by atoms with E-state index in [1.807, 2.05) is 6.07 Å². The van der Waals surface area contributed by atoms with Crippen LogP contribution in [0.2, 0.25) is 0 Å². The van der Waals surface area contributed by atoms with Crippen LogP contribution in [0.3, 0.4) is 0 Å². The number of hydrogen-bond acceptors (Lipinski definition) is 3. The van der Waals surface area contributed by atoms with Crippen LogP contribution in [0.1, 0.15) is 44.4 Å². The first kappa shape index (κ1) is 16.5. The Balaban J connectivity index is 1.90. The monoisotopic (exact) mass is 337 g/mol. The van der Waals surface area contributed by atoms with Gasteiger partial charge in [0.15, 0.2) is 0 Å². The fourth-order valence-electron chi connectivity index (χ4n) is 4.89. The van der Waals surface area contributed by atoms with Crippen LogP contribution in [0.25, 0.3) is 0 Å². The summed E-state index contributed by atoms with van der Waals surface area (Å²) in [4.78, 5) is 22.8. The Morgan fingerprint density at radius 1 is 1.32 bits per heavy atom. The predicted molar refractivity (Wildman–Crippen MR) is 102 cm³/mol. The lowest BCUT2D eigenvalue weighted by atomic mass is 9.63. The second-order valence-corrected chi connectivity index (χ2v) is 7.80. The number of likely N-dealkylation sites (tertiary alicyclic amines) is 1. The van der Waals surface area contributed by atoms with Gasteiger partial charge in [-0.15, -0.1) is 0 Å². The van der Waals surface area contributed by atoms with Crippen molar-refractivity contribution in [3.63, 3.8) is 0 Å². The van der Waals surface area contributed by atoms with Gasteiger partial charge in [-0.3, -0.25) is 9.79 Å². The number of H-pyrrole nitrogens is 1. The van der Waals surface area contributed by atoms with E-state index < -0.39 is 0 Å². The van der Waals surface area contributed by atoms with Gasteiger partial charge in [-0.05, 0) is 51.8 Å². The lowest BCUT2D eigenvalue weighted by Gasteiger charge is -2.46. The Hall–Kier alpha value is -1.94. The zero-order valence-corrected chi connectivity index (χ0v) is 15.4.